The Morgan fingerprint density at radius 1 is 0.833 bits per heavy atom. The van der Waals surface area contributed by atoms with Gasteiger partial charge in [-0.15, -0.1) is 0 Å². The Morgan fingerprint density at radius 2 is 1.47 bits per heavy atom. The number of amides is 2. The zero-order chi connectivity index (χ0) is 21.2. The van der Waals surface area contributed by atoms with Crippen LogP contribution in [-0.2, 0) is 11.2 Å². The highest BCUT2D eigenvalue weighted by atomic mass is 16.2. The maximum Gasteiger partial charge on any atom is 0.253 e. The molecule has 0 aromatic heterocycles. The lowest BCUT2D eigenvalue weighted by atomic mass is 10.1. The average Bonchev–Trinajstić information content (AvgIpc) is 2.79. The molecule has 3 N–H and O–H groups in total. The van der Waals surface area contributed by atoms with Gasteiger partial charge in [0, 0.05) is 12.6 Å². The summed E-state index contributed by atoms with van der Waals surface area (Å²) >= 11 is 0. The lowest BCUT2D eigenvalue weighted by molar-refractivity contribution is -0.115. The molecular weight excluding hydrogens is 374 g/mol. The molecule has 0 saturated heterocycles. The third-order valence-electron chi connectivity index (χ3n) is 4.86. The van der Waals surface area contributed by atoms with Gasteiger partial charge in [-0.05, 0) is 36.6 Å². The number of nitrogens with one attached hydrogen (secondary N) is 3. The number of carbonyl (C=O) groups is 2. The predicted octanol–water partition coefficient (Wildman–Crippen LogP) is 3.95. The van der Waals surface area contributed by atoms with Gasteiger partial charge in [-0.1, -0.05) is 72.8 Å². The first kappa shape index (κ1) is 21.3. The zero-order valence-electron chi connectivity index (χ0n) is 17.1. The van der Waals surface area contributed by atoms with Gasteiger partial charge in [0.25, 0.3) is 5.91 Å². The zero-order valence-corrected chi connectivity index (χ0v) is 17.1. The molecule has 0 bridgehead atoms. The van der Waals surface area contributed by atoms with Crippen LogP contribution in [-0.4, -0.2) is 24.9 Å². The van der Waals surface area contributed by atoms with Gasteiger partial charge in [-0.25, -0.2) is 0 Å². The maximum absolute atomic E-state index is 12.6. The Kier molecular flexibility index (Phi) is 7.75. The molecule has 0 fully saturated rings. The predicted molar refractivity (Wildman–Crippen MR) is 120 cm³/mol. The van der Waals surface area contributed by atoms with E-state index in [4.69, 9.17) is 0 Å². The van der Waals surface area contributed by atoms with Crippen LogP contribution < -0.4 is 16.0 Å². The van der Waals surface area contributed by atoms with Crippen LogP contribution in [0.1, 0.15) is 34.5 Å². The van der Waals surface area contributed by atoms with E-state index in [2.05, 4.69) is 16.0 Å². The lowest BCUT2D eigenvalue weighted by Crippen LogP contribution is -2.31. The van der Waals surface area contributed by atoms with Crippen molar-refractivity contribution in [2.24, 2.45) is 0 Å². The summed E-state index contributed by atoms with van der Waals surface area (Å²) in [5, 5.41) is 8.98. The highest BCUT2D eigenvalue weighted by Gasteiger charge is 2.13. The molecule has 0 saturated carbocycles. The Labute approximate surface area is 177 Å². The molecule has 5 heteroatoms. The summed E-state index contributed by atoms with van der Waals surface area (Å²) < 4.78 is 0. The maximum atomic E-state index is 12.6. The summed E-state index contributed by atoms with van der Waals surface area (Å²) in [6.45, 7) is 2.69. The lowest BCUT2D eigenvalue weighted by Gasteiger charge is -2.15. The van der Waals surface area contributed by atoms with Crippen molar-refractivity contribution in [2.75, 3.05) is 18.4 Å². The molecule has 5 nitrogen and oxygen atoms in total. The topological polar surface area (TPSA) is 70.2 Å². The van der Waals surface area contributed by atoms with Crippen molar-refractivity contribution in [1.82, 2.24) is 10.6 Å². The molecule has 1 atom stereocenters. The second-order valence-electron chi connectivity index (χ2n) is 7.10. The summed E-state index contributed by atoms with van der Waals surface area (Å²) in [6.07, 6.45) is 0.752. The van der Waals surface area contributed by atoms with Crippen LogP contribution in [0.2, 0.25) is 0 Å². The van der Waals surface area contributed by atoms with E-state index in [9.17, 15) is 9.59 Å². The molecule has 30 heavy (non-hydrogen) atoms. The largest absolute Gasteiger partial charge is 0.352 e. The van der Waals surface area contributed by atoms with Crippen molar-refractivity contribution in [3.05, 3.63) is 102 Å². The normalized spacial score (nSPS) is 11.5. The molecule has 0 spiro atoms. The van der Waals surface area contributed by atoms with Crippen LogP contribution in [0.15, 0.2) is 84.9 Å². The number of rotatable bonds is 9. The summed E-state index contributed by atoms with van der Waals surface area (Å²) in [5.41, 5.74) is 3.24. The number of hydrogen-bond acceptors (Lipinski definition) is 3. The van der Waals surface area contributed by atoms with Crippen LogP contribution in [0.3, 0.4) is 0 Å². The molecule has 3 aromatic rings. The van der Waals surface area contributed by atoms with Gasteiger partial charge < -0.3 is 16.0 Å². The molecule has 0 aliphatic rings. The molecule has 0 heterocycles. The number of benzene rings is 3. The minimum Gasteiger partial charge on any atom is -0.352 e. The fourth-order valence-electron chi connectivity index (χ4n) is 3.15. The monoisotopic (exact) mass is 401 g/mol. The van der Waals surface area contributed by atoms with Crippen molar-refractivity contribution in [3.63, 3.8) is 0 Å². The van der Waals surface area contributed by atoms with Gasteiger partial charge in [0.05, 0.1) is 17.8 Å². The SMILES string of the molecule is CC(NCC(=O)Nc1ccccc1C(=O)NCCc1ccccc1)c1ccccc1. The molecule has 0 aliphatic heterocycles. The van der Waals surface area contributed by atoms with Crippen LogP contribution in [0.4, 0.5) is 5.69 Å². The molecular formula is C25H27N3O2. The highest BCUT2D eigenvalue weighted by molar-refractivity contribution is 6.04. The highest BCUT2D eigenvalue weighted by Crippen LogP contribution is 2.15. The van der Waals surface area contributed by atoms with Gasteiger partial charge in [-0.3, -0.25) is 9.59 Å². The molecule has 3 aromatic carbocycles. The van der Waals surface area contributed by atoms with E-state index in [1.807, 2.05) is 67.6 Å². The standard InChI is InChI=1S/C25H27N3O2/c1-19(21-12-6-3-7-13-21)27-18-24(29)28-23-15-9-8-14-22(23)25(30)26-17-16-20-10-4-2-5-11-20/h2-15,19,27H,16-18H2,1H3,(H,26,30)(H,28,29). The third kappa shape index (κ3) is 6.29. The quantitative estimate of drug-likeness (QED) is 0.508. The number of anilines is 1. The molecule has 3 rings (SSSR count). The van der Waals surface area contributed by atoms with Gasteiger partial charge >= 0.3 is 0 Å². The molecule has 0 radical (unpaired) electrons. The smallest absolute Gasteiger partial charge is 0.253 e. The number of hydrogen-bond donors (Lipinski definition) is 3. The Morgan fingerprint density at radius 3 is 2.20 bits per heavy atom. The van der Waals surface area contributed by atoms with Crippen LogP contribution >= 0.6 is 0 Å². The van der Waals surface area contributed by atoms with Crippen molar-refractivity contribution in [1.29, 1.82) is 0 Å². The van der Waals surface area contributed by atoms with Gasteiger partial charge in [0.2, 0.25) is 5.91 Å². The van der Waals surface area contributed by atoms with Crippen molar-refractivity contribution in [3.8, 4) is 0 Å². The molecule has 1 unspecified atom stereocenters. The van der Waals surface area contributed by atoms with E-state index in [0.717, 1.165) is 17.5 Å². The van der Waals surface area contributed by atoms with Crippen molar-refractivity contribution < 1.29 is 9.59 Å². The average molecular weight is 402 g/mol. The summed E-state index contributed by atoms with van der Waals surface area (Å²) in [4.78, 5) is 25.0. The van der Waals surface area contributed by atoms with Gasteiger partial charge in [0.1, 0.15) is 0 Å². The number of carbonyl (C=O) groups excluding carboxylic acids is 2. The molecule has 0 aliphatic carbocycles. The third-order valence-corrected chi connectivity index (χ3v) is 4.86. The first-order valence-corrected chi connectivity index (χ1v) is 10.1. The van der Waals surface area contributed by atoms with E-state index >= 15 is 0 Å². The Bertz CT molecular complexity index is 958. The second kappa shape index (κ2) is 10.9. The molecule has 2 amide bonds. The van der Waals surface area contributed by atoms with Crippen molar-refractivity contribution in [2.45, 2.75) is 19.4 Å². The minimum atomic E-state index is -0.201. The van der Waals surface area contributed by atoms with Crippen LogP contribution in [0.5, 0.6) is 0 Å². The fourth-order valence-corrected chi connectivity index (χ4v) is 3.15. The van der Waals surface area contributed by atoms with E-state index in [1.54, 1.807) is 24.3 Å². The van der Waals surface area contributed by atoms with E-state index in [-0.39, 0.29) is 24.4 Å². The molecule has 154 valence electrons. The van der Waals surface area contributed by atoms with E-state index < -0.39 is 0 Å². The summed E-state index contributed by atoms with van der Waals surface area (Å²) in [5.74, 6) is -0.394. The first-order chi connectivity index (χ1) is 14.6. The van der Waals surface area contributed by atoms with E-state index in [0.29, 0.717) is 17.8 Å². The van der Waals surface area contributed by atoms with Crippen LogP contribution in [0.25, 0.3) is 0 Å². The Balaban J connectivity index is 1.52. The van der Waals surface area contributed by atoms with Crippen molar-refractivity contribution >= 4 is 17.5 Å². The van der Waals surface area contributed by atoms with Gasteiger partial charge in [-0.2, -0.15) is 0 Å². The van der Waals surface area contributed by atoms with Gasteiger partial charge in [0.15, 0.2) is 0 Å². The minimum absolute atomic E-state index is 0.0495. The fraction of sp³-hybridized carbons (Fsp3) is 0.200. The van der Waals surface area contributed by atoms with E-state index in [1.165, 1.54) is 0 Å². The van der Waals surface area contributed by atoms with Crippen LogP contribution in [0, 0.1) is 0 Å². The second-order valence-corrected chi connectivity index (χ2v) is 7.10. The first-order valence-electron chi connectivity index (χ1n) is 10.1. The Hall–Kier alpha value is -3.44. The summed E-state index contributed by atoms with van der Waals surface area (Å²) in [6, 6.07) is 27.0. The summed E-state index contributed by atoms with van der Waals surface area (Å²) in [7, 11) is 0. The number of para-hydroxylation sites is 1.